The number of rotatable bonds is 6. The van der Waals surface area contributed by atoms with Crippen LogP contribution in [0, 0.1) is 0 Å². The molecular weight excluding hydrogens is 220 g/mol. The Bertz CT molecular complexity index is 314. The molecule has 0 fully saturated rings. The largest absolute Gasteiger partial charge is 0.327 e. The topological polar surface area (TPSA) is 55.1 Å². The molecule has 1 atom stereocenters. The highest BCUT2D eigenvalue weighted by Gasteiger charge is 2.02. The third kappa shape index (κ3) is 5.78. The number of benzene rings is 1. The van der Waals surface area contributed by atoms with Gasteiger partial charge in [-0.3, -0.25) is 4.79 Å². The van der Waals surface area contributed by atoms with Gasteiger partial charge in [-0.2, -0.15) is 11.8 Å². The molecule has 1 aromatic carbocycles. The van der Waals surface area contributed by atoms with Gasteiger partial charge in [0.05, 0.1) is 0 Å². The minimum absolute atomic E-state index is 0.0587. The average Bonchev–Trinajstić information content (AvgIpc) is 2.25. The second-order valence-corrected chi connectivity index (χ2v) is 4.87. The molecule has 0 bridgehead atoms. The highest BCUT2D eigenvalue weighted by atomic mass is 32.2. The molecule has 0 aliphatic carbocycles. The Labute approximate surface area is 101 Å². The first-order valence-electron chi connectivity index (χ1n) is 5.36. The summed E-state index contributed by atoms with van der Waals surface area (Å²) in [5, 5.41) is 2.85. The number of nitrogens with one attached hydrogen (secondary N) is 1. The van der Waals surface area contributed by atoms with Crippen LogP contribution >= 0.6 is 11.8 Å². The number of thioether (sulfide) groups is 1. The van der Waals surface area contributed by atoms with Crippen LogP contribution in [0.25, 0.3) is 0 Å². The summed E-state index contributed by atoms with van der Waals surface area (Å²) < 4.78 is 0. The number of anilines is 1. The smallest absolute Gasteiger partial charge is 0.225 e. The van der Waals surface area contributed by atoms with Crippen molar-refractivity contribution in [1.29, 1.82) is 0 Å². The van der Waals surface area contributed by atoms with Crippen molar-refractivity contribution in [2.24, 2.45) is 5.73 Å². The van der Waals surface area contributed by atoms with Crippen LogP contribution in [0.1, 0.15) is 13.3 Å². The summed E-state index contributed by atoms with van der Waals surface area (Å²) in [5.74, 6) is 1.78. The Hall–Kier alpha value is -1.00. The zero-order chi connectivity index (χ0) is 11.8. The lowest BCUT2D eigenvalue weighted by Gasteiger charge is -2.06. The van der Waals surface area contributed by atoms with Gasteiger partial charge < -0.3 is 11.1 Å². The van der Waals surface area contributed by atoms with Gasteiger partial charge >= 0.3 is 0 Å². The molecule has 3 N–H and O–H groups in total. The van der Waals surface area contributed by atoms with E-state index in [-0.39, 0.29) is 11.9 Å². The SMILES string of the molecule is CC(N)CSCCC(=O)Nc1ccccc1. The van der Waals surface area contributed by atoms with Crippen LogP contribution < -0.4 is 11.1 Å². The van der Waals surface area contributed by atoms with E-state index >= 15 is 0 Å². The molecule has 88 valence electrons. The van der Waals surface area contributed by atoms with Crippen LogP contribution in [0.2, 0.25) is 0 Å². The molecule has 0 radical (unpaired) electrons. The van der Waals surface area contributed by atoms with Gasteiger partial charge in [0.1, 0.15) is 0 Å². The van der Waals surface area contributed by atoms with E-state index in [4.69, 9.17) is 5.73 Å². The summed E-state index contributed by atoms with van der Waals surface area (Å²) in [6, 6.07) is 9.69. The van der Waals surface area contributed by atoms with Gasteiger partial charge in [0, 0.05) is 29.7 Å². The van der Waals surface area contributed by atoms with Crippen molar-refractivity contribution < 1.29 is 4.79 Å². The second-order valence-electron chi connectivity index (χ2n) is 3.72. The van der Waals surface area contributed by atoms with E-state index in [2.05, 4.69) is 5.32 Å². The Kier molecular flexibility index (Phi) is 5.96. The predicted octanol–water partition coefficient (Wildman–Crippen LogP) is 2.10. The van der Waals surface area contributed by atoms with Crippen molar-refractivity contribution in [1.82, 2.24) is 0 Å². The quantitative estimate of drug-likeness (QED) is 0.746. The van der Waals surface area contributed by atoms with Crippen molar-refractivity contribution in [2.45, 2.75) is 19.4 Å². The standard InChI is InChI=1S/C12H18N2OS/c1-10(13)9-16-8-7-12(15)14-11-5-3-2-4-6-11/h2-6,10H,7-9,13H2,1H3,(H,14,15). The van der Waals surface area contributed by atoms with Crippen molar-refractivity contribution in [3.05, 3.63) is 30.3 Å². The highest BCUT2D eigenvalue weighted by Crippen LogP contribution is 2.08. The lowest BCUT2D eigenvalue weighted by atomic mass is 10.3. The van der Waals surface area contributed by atoms with Gasteiger partial charge in [-0.1, -0.05) is 18.2 Å². The Morgan fingerprint density at radius 2 is 2.12 bits per heavy atom. The molecule has 0 saturated carbocycles. The van der Waals surface area contributed by atoms with Gasteiger partial charge in [0.25, 0.3) is 0 Å². The molecular formula is C12H18N2OS. The molecule has 0 aliphatic rings. The number of carbonyl (C=O) groups is 1. The molecule has 0 aliphatic heterocycles. The first kappa shape index (κ1) is 13.1. The van der Waals surface area contributed by atoms with Crippen molar-refractivity contribution in [3.63, 3.8) is 0 Å². The fourth-order valence-corrected chi connectivity index (χ4v) is 2.05. The van der Waals surface area contributed by atoms with Crippen LogP contribution in [0.4, 0.5) is 5.69 Å². The summed E-state index contributed by atoms with van der Waals surface area (Å²) in [4.78, 5) is 11.5. The number of hydrogen-bond acceptors (Lipinski definition) is 3. The number of hydrogen-bond donors (Lipinski definition) is 2. The highest BCUT2D eigenvalue weighted by molar-refractivity contribution is 7.99. The summed E-state index contributed by atoms with van der Waals surface area (Å²) in [7, 11) is 0. The summed E-state index contributed by atoms with van der Waals surface area (Å²) in [6.07, 6.45) is 0.534. The monoisotopic (exact) mass is 238 g/mol. The molecule has 0 aromatic heterocycles. The second kappa shape index (κ2) is 7.30. The van der Waals surface area contributed by atoms with Gasteiger partial charge in [0.2, 0.25) is 5.91 Å². The molecule has 0 spiro atoms. The van der Waals surface area contributed by atoms with E-state index in [1.807, 2.05) is 37.3 Å². The Morgan fingerprint density at radius 3 is 2.75 bits per heavy atom. The fraction of sp³-hybridized carbons (Fsp3) is 0.417. The van der Waals surface area contributed by atoms with E-state index < -0.39 is 0 Å². The Balaban J connectivity index is 2.17. The molecule has 1 rings (SSSR count). The van der Waals surface area contributed by atoms with Gasteiger partial charge in [-0.15, -0.1) is 0 Å². The number of nitrogens with two attached hydrogens (primary N) is 1. The van der Waals surface area contributed by atoms with Crippen LogP contribution in [-0.4, -0.2) is 23.5 Å². The Morgan fingerprint density at radius 1 is 1.44 bits per heavy atom. The molecule has 4 heteroatoms. The average molecular weight is 238 g/mol. The van der Waals surface area contributed by atoms with Gasteiger partial charge in [0.15, 0.2) is 0 Å². The maximum Gasteiger partial charge on any atom is 0.225 e. The minimum atomic E-state index is 0.0587. The van der Waals surface area contributed by atoms with E-state index in [0.29, 0.717) is 6.42 Å². The molecule has 16 heavy (non-hydrogen) atoms. The van der Waals surface area contributed by atoms with Crippen LogP contribution in [0.3, 0.4) is 0 Å². The molecule has 1 unspecified atom stereocenters. The minimum Gasteiger partial charge on any atom is -0.327 e. The number of carbonyl (C=O) groups excluding carboxylic acids is 1. The summed E-state index contributed by atoms with van der Waals surface area (Å²) in [5.41, 5.74) is 6.46. The third-order valence-electron chi connectivity index (χ3n) is 1.91. The van der Waals surface area contributed by atoms with Crippen LogP contribution in [0.5, 0.6) is 0 Å². The van der Waals surface area contributed by atoms with E-state index in [1.54, 1.807) is 11.8 Å². The lowest BCUT2D eigenvalue weighted by Crippen LogP contribution is -2.18. The molecule has 1 aromatic rings. The van der Waals surface area contributed by atoms with Gasteiger partial charge in [-0.25, -0.2) is 0 Å². The first-order chi connectivity index (χ1) is 7.68. The fourth-order valence-electron chi connectivity index (χ4n) is 1.18. The molecule has 1 amide bonds. The summed E-state index contributed by atoms with van der Waals surface area (Å²) >= 11 is 1.71. The van der Waals surface area contributed by atoms with Crippen molar-refractivity contribution >= 4 is 23.4 Å². The van der Waals surface area contributed by atoms with Gasteiger partial charge in [-0.05, 0) is 19.1 Å². The van der Waals surface area contributed by atoms with E-state index in [9.17, 15) is 4.79 Å². The zero-order valence-electron chi connectivity index (χ0n) is 9.48. The number of para-hydroxylation sites is 1. The van der Waals surface area contributed by atoms with Crippen LogP contribution in [-0.2, 0) is 4.79 Å². The molecule has 0 heterocycles. The normalized spacial score (nSPS) is 12.1. The summed E-state index contributed by atoms with van der Waals surface area (Å²) in [6.45, 7) is 1.97. The van der Waals surface area contributed by atoms with Crippen molar-refractivity contribution in [3.8, 4) is 0 Å². The predicted molar refractivity (Wildman–Crippen MR) is 70.7 cm³/mol. The molecule has 3 nitrogen and oxygen atoms in total. The van der Waals surface area contributed by atoms with Crippen molar-refractivity contribution in [2.75, 3.05) is 16.8 Å². The maximum atomic E-state index is 11.5. The zero-order valence-corrected chi connectivity index (χ0v) is 10.3. The first-order valence-corrected chi connectivity index (χ1v) is 6.52. The van der Waals surface area contributed by atoms with Crippen LogP contribution in [0.15, 0.2) is 30.3 Å². The van der Waals surface area contributed by atoms with E-state index in [0.717, 1.165) is 17.2 Å². The maximum absolute atomic E-state index is 11.5. The molecule has 0 saturated heterocycles. The third-order valence-corrected chi connectivity index (χ3v) is 3.17. The lowest BCUT2D eigenvalue weighted by molar-refractivity contribution is -0.115. The number of amides is 1. The van der Waals surface area contributed by atoms with E-state index in [1.165, 1.54) is 0 Å².